The van der Waals surface area contributed by atoms with Gasteiger partial charge in [0.1, 0.15) is 5.69 Å². The largest absolute Gasteiger partial charge is 0.364 e. The van der Waals surface area contributed by atoms with E-state index < -0.39 is 15.7 Å². The molecule has 0 aromatic carbocycles. The number of carbonyl (C=O) groups is 1. The fourth-order valence-corrected chi connectivity index (χ4v) is 2.03. The first-order valence-electron chi connectivity index (χ1n) is 3.96. The topological polar surface area (TPSA) is 90.1 Å². The third kappa shape index (κ3) is 1.90. The highest BCUT2D eigenvalue weighted by atomic mass is 32.2. The molecule has 76 valence electrons. The Bertz CT molecular complexity index is 453. The molecular formula is C8H10N2O3S. The Morgan fingerprint density at radius 1 is 1.57 bits per heavy atom. The zero-order chi connectivity index (χ0) is 10.8. The number of carbonyl (C=O) groups excluding carboxylic acids is 1. The molecule has 5 nitrogen and oxygen atoms in total. The molecular weight excluding hydrogens is 204 g/mol. The van der Waals surface area contributed by atoms with Gasteiger partial charge in [-0.1, -0.05) is 6.92 Å². The van der Waals surface area contributed by atoms with Crippen molar-refractivity contribution in [2.75, 3.05) is 5.75 Å². The van der Waals surface area contributed by atoms with Crippen LogP contribution in [0.2, 0.25) is 0 Å². The van der Waals surface area contributed by atoms with Gasteiger partial charge in [0, 0.05) is 6.20 Å². The maximum absolute atomic E-state index is 11.5. The Morgan fingerprint density at radius 3 is 2.71 bits per heavy atom. The van der Waals surface area contributed by atoms with E-state index in [4.69, 9.17) is 5.73 Å². The number of hydrogen-bond acceptors (Lipinski definition) is 4. The summed E-state index contributed by atoms with van der Waals surface area (Å²) in [6, 6.07) is 2.78. The van der Waals surface area contributed by atoms with Crippen LogP contribution >= 0.6 is 0 Å². The lowest BCUT2D eigenvalue weighted by molar-refractivity contribution is 0.0992. The van der Waals surface area contributed by atoms with Crippen molar-refractivity contribution in [1.29, 1.82) is 0 Å². The number of amides is 1. The number of sulfone groups is 1. The lowest BCUT2D eigenvalue weighted by atomic mass is 10.3. The van der Waals surface area contributed by atoms with Gasteiger partial charge < -0.3 is 5.73 Å². The predicted molar refractivity (Wildman–Crippen MR) is 50.5 cm³/mol. The third-order valence-electron chi connectivity index (χ3n) is 1.72. The van der Waals surface area contributed by atoms with E-state index in [0.29, 0.717) is 0 Å². The minimum atomic E-state index is -3.44. The molecule has 1 amide bonds. The quantitative estimate of drug-likeness (QED) is 0.765. The number of pyridine rings is 1. The van der Waals surface area contributed by atoms with Crippen molar-refractivity contribution < 1.29 is 13.2 Å². The average Bonchev–Trinajstić information content (AvgIpc) is 2.18. The normalized spacial score (nSPS) is 11.2. The lowest BCUT2D eigenvalue weighted by Gasteiger charge is -2.04. The molecule has 2 N–H and O–H groups in total. The van der Waals surface area contributed by atoms with Crippen LogP contribution in [0.15, 0.2) is 23.2 Å². The monoisotopic (exact) mass is 214 g/mol. The molecule has 1 rings (SSSR count). The number of rotatable bonds is 3. The molecule has 0 spiro atoms. The summed E-state index contributed by atoms with van der Waals surface area (Å²) < 4.78 is 23.0. The Morgan fingerprint density at radius 2 is 2.21 bits per heavy atom. The molecule has 1 aromatic heterocycles. The summed E-state index contributed by atoms with van der Waals surface area (Å²) >= 11 is 0. The van der Waals surface area contributed by atoms with Crippen LogP contribution in [0.3, 0.4) is 0 Å². The molecule has 0 bridgehead atoms. The molecule has 1 heterocycles. The first kappa shape index (κ1) is 10.6. The van der Waals surface area contributed by atoms with E-state index in [1.165, 1.54) is 25.3 Å². The maximum atomic E-state index is 11.5. The van der Waals surface area contributed by atoms with Gasteiger partial charge >= 0.3 is 0 Å². The molecule has 0 aliphatic rings. The molecule has 0 radical (unpaired) electrons. The van der Waals surface area contributed by atoms with Crippen molar-refractivity contribution in [1.82, 2.24) is 4.98 Å². The molecule has 0 unspecified atom stereocenters. The molecule has 0 saturated heterocycles. The van der Waals surface area contributed by atoms with Gasteiger partial charge in [-0.05, 0) is 12.1 Å². The van der Waals surface area contributed by atoms with Crippen molar-refractivity contribution in [3.8, 4) is 0 Å². The summed E-state index contributed by atoms with van der Waals surface area (Å²) in [7, 11) is -3.44. The predicted octanol–water partition coefficient (Wildman–Crippen LogP) is -0.0259. The van der Waals surface area contributed by atoms with Gasteiger partial charge in [-0.15, -0.1) is 0 Å². The smallest absolute Gasteiger partial charge is 0.268 e. The minimum absolute atomic E-state index is 0.0844. The van der Waals surface area contributed by atoms with E-state index >= 15 is 0 Å². The van der Waals surface area contributed by atoms with Crippen LogP contribution in [0.1, 0.15) is 17.4 Å². The highest BCUT2D eigenvalue weighted by Gasteiger charge is 2.19. The summed E-state index contributed by atoms with van der Waals surface area (Å²) in [6.45, 7) is 1.49. The van der Waals surface area contributed by atoms with Crippen LogP contribution in [0.5, 0.6) is 0 Å². The summed E-state index contributed by atoms with van der Waals surface area (Å²) in [4.78, 5) is 14.4. The van der Waals surface area contributed by atoms with Gasteiger partial charge in [0.25, 0.3) is 5.91 Å². The second-order valence-corrected chi connectivity index (χ2v) is 4.86. The number of primary amides is 1. The second-order valence-electron chi connectivity index (χ2n) is 2.62. The van der Waals surface area contributed by atoms with Gasteiger partial charge in [-0.3, -0.25) is 4.79 Å². The van der Waals surface area contributed by atoms with Crippen molar-refractivity contribution in [3.05, 3.63) is 24.0 Å². The van der Waals surface area contributed by atoms with Crippen LogP contribution in [0, 0.1) is 0 Å². The number of nitrogens with zero attached hydrogens (tertiary/aromatic N) is 1. The van der Waals surface area contributed by atoms with E-state index in [0.717, 1.165) is 0 Å². The van der Waals surface area contributed by atoms with Crippen LogP contribution in [-0.4, -0.2) is 25.1 Å². The molecule has 0 aliphatic carbocycles. The number of aromatic nitrogens is 1. The van der Waals surface area contributed by atoms with E-state index in [2.05, 4.69) is 4.98 Å². The highest BCUT2D eigenvalue weighted by molar-refractivity contribution is 7.91. The lowest BCUT2D eigenvalue weighted by Crippen LogP contribution is -2.18. The first-order chi connectivity index (χ1) is 6.49. The van der Waals surface area contributed by atoms with Crippen molar-refractivity contribution >= 4 is 15.7 Å². The molecule has 1 aromatic rings. The first-order valence-corrected chi connectivity index (χ1v) is 5.62. The standard InChI is InChI=1S/C8H10N2O3S/c1-2-14(12,13)6-4-3-5-10-7(6)8(9)11/h3-5H,2H2,1H3,(H2,9,11). The summed E-state index contributed by atoms with van der Waals surface area (Å²) in [5.41, 5.74) is 4.80. The minimum Gasteiger partial charge on any atom is -0.364 e. The van der Waals surface area contributed by atoms with E-state index in [-0.39, 0.29) is 16.3 Å². The van der Waals surface area contributed by atoms with Crippen LogP contribution in [-0.2, 0) is 9.84 Å². The van der Waals surface area contributed by atoms with Gasteiger partial charge in [0.2, 0.25) is 0 Å². The summed E-state index contributed by atoms with van der Waals surface area (Å²) in [6.07, 6.45) is 1.33. The van der Waals surface area contributed by atoms with E-state index in [1.807, 2.05) is 0 Å². The summed E-state index contributed by atoms with van der Waals surface area (Å²) in [5.74, 6) is -0.920. The zero-order valence-corrected chi connectivity index (χ0v) is 8.41. The van der Waals surface area contributed by atoms with E-state index in [1.54, 1.807) is 0 Å². The molecule has 0 saturated carbocycles. The van der Waals surface area contributed by atoms with Crippen LogP contribution < -0.4 is 5.73 Å². The van der Waals surface area contributed by atoms with Gasteiger partial charge in [-0.2, -0.15) is 0 Å². The van der Waals surface area contributed by atoms with E-state index in [9.17, 15) is 13.2 Å². The molecule has 6 heteroatoms. The van der Waals surface area contributed by atoms with Crippen LogP contribution in [0.25, 0.3) is 0 Å². The SMILES string of the molecule is CCS(=O)(=O)c1cccnc1C(N)=O. The Labute approximate surface area is 81.9 Å². The third-order valence-corrected chi connectivity index (χ3v) is 3.48. The molecule has 14 heavy (non-hydrogen) atoms. The van der Waals surface area contributed by atoms with Crippen molar-refractivity contribution in [2.24, 2.45) is 5.73 Å². The van der Waals surface area contributed by atoms with Gasteiger partial charge in [0.15, 0.2) is 9.84 Å². The summed E-state index contributed by atoms with van der Waals surface area (Å²) in [5, 5.41) is 0. The second kappa shape index (κ2) is 3.75. The van der Waals surface area contributed by atoms with Gasteiger partial charge in [0.05, 0.1) is 10.6 Å². The maximum Gasteiger partial charge on any atom is 0.268 e. The molecule has 0 fully saturated rings. The average molecular weight is 214 g/mol. The number of nitrogens with two attached hydrogens (primary N) is 1. The van der Waals surface area contributed by atoms with Crippen molar-refractivity contribution in [2.45, 2.75) is 11.8 Å². The van der Waals surface area contributed by atoms with Crippen molar-refractivity contribution in [3.63, 3.8) is 0 Å². The van der Waals surface area contributed by atoms with Crippen LogP contribution in [0.4, 0.5) is 0 Å². The molecule has 0 aliphatic heterocycles. The fourth-order valence-electron chi connectivity index (χ4n) is 0.982. The zero-order valence-electron chi connectivity index (χ0n) is 7.60. The Balaban J connectivity index is 3.42. The Kier molecular flexibility index (Phi) is 2.85. The highest BCUT2D eigenvalue weighted by Crippen LogP contribution is 2.13. The molecule has 0 atom stereocenters. The number of hydrogen-bond donors (Lipinski definition) is 1. The Hall–Kier alpha value is -1.43. The fraction of sp³-hybridized carbons (Fsp3) is 0.250. The van der Waals surface area contributed by atoms with Gasteiger partial charge in [-0.25, -0.2) is 13.4 Å².